The van der Waals surface area contributed by atoms with E-state index in [-0.39, 0.29) is 0 Å². The highest BCUT2D eigenvalue weighted by Crippen LogP contribution is 2.37. The maximum Gasteiger partial charge on any atom is 0.0971 e. The summed E-state index contributed by atoms with van der Waals surface area (Å²) in [5, 5.41) is 0. The van der Waals surface area contributed by atoms with Crippen molar-refractivity contribution in [3.8, 4) is 0 Å². The average Bonchev–Trinajstić information content (AvgIpc) is 3.16. The molecule has 0 bridgehead atoms. The minimum absolute atomic E-state index is 1.01. The Morgan fingerprint density at radius 2 is 1.04 bits per heavy atom. The highest BCUT2D eigenvalue weighted by molar-refractivity contribution is 5.97. The lowest BCUT2D eigenvalue weighted by atomic mass is 9.95. The Morgan fingerprint density at radius 1 is 0.625 bits per heavy atom. The summed E-state index contributed by atoms with van der Waals surface area (Å²) in [5.74, 6) is 0. The molecule has 0 saturated heterocycles. The summed E-state index contributed by atoms with van der Waals surface area (Å²) in [6, 6.07) is 4.46. The van der Waals surface area contributed by atoms with Gasteiger partial charge in [0.15, 0.2) is 0 Å². The molecule has 0 radical (unpaired) electrons. The number of rotatable bonds is 2. The Bertz CT molecular complexity index is 904. The second-order valence-electron chi connectivity index (χ2n) is 7.02. The summed E-state index contributed by atoms with van der Waals surface area (Å²) in [6.45, 7) is 8.45. The molecule has 0 saturated carbocycles. The van der Waals surface area contributed by atoms with Gasteiger partial charge < -0.3 is 0 Å². The van der Waals surface area contributed by atoms with Crippen LogP contribution >= 0.6 is 0 Å². The van der Waals surface area contributed by atoms with Gasteiger partial charge in [0, 0.05) is 11.1 Å². The molecule has 4 rings (SSSR count). The fourth-order valence-corrected chi connectivity index (χ4v) is 3.51. The fourth-order valence-electron chi connectivity index (χ4n) is 3.51. The number of benzene rings is 1. The SMILES string of the molecule is CC1=CC=C(c2ccc(C3=CC=C(C)C3)c3nc(C)c(C)nc23)C1. The van der Waals surface area contributed by atoms with E-state index in [1.807, 2.05) is 13.8 Å². The zero-order valence-electron chi connectivity index (χ0n) is 14.8. The van der Waals surface area contributed by atoms with E-state index in [0.29, 0.717) is 0 Å². The zero-order valence-corrected chi connectivity index (χ0v) is 14.8. The summed E-state index contributed by atoms with van der Waals surface area (Å²) >= 11 is 0. The van der Waals surface area contributed by atoms with Crippen LogP contribution in [0.3, 0.4) is 0 Å². The molecular formula is C22H22N2. The number of aromatic nitrogens is 2. The number of fused-ring (bicyclic) bond motifs is 1. The van der Waals surface area contributed by atoms with Crippen molar-refractivity contribution >= 4 is 22.2 Å². The van der Waals surface area contributed by atoms with Crippen LogP contribution in [0.25, 0.3) is 22.2 Å². The number of hydrogen-bond donors (Lipinski definition) is 0. The molecule has 2 aliphatic carbocycles. The highest BCUT2D eigenvalue weighted by atomic mass is 14.8. The van der Waals surface area contributed by atoms with Gasteiger partial charge in [-0.05, 0) is 51.7 Å². The molecule has 1 aromatic heterocycles. The molecule has 1 heterocycles. The molecule has 0 fully saturated rings. The predicted octanol–water partition coefficient (Wildman–Crippen LogP) is 5.71. The van der Waals surface area contributed by atoms with Gasteiger partial charge >= 0.3 is 0 Å². The summed E-state index contributed by atoms with van der Waals surface area (Å²) in [7, 11) is 0. The van der Waals surface area contributed by atoms with E-state index in [1.165, 1.54) is 33.4 Å². The van der Waals surface area contributed by atoms with Crippen LogP contribution in [-0.4, -0.2) is 9.97 Å². The van der Waals surface area contributed by atoms with Crippen molar-refractivity contribution in [3.63, 3.8) is 0 Å². The van der Waals surface area contributed by atoms with Crippen molar-refractivity contribution in [1.82, 2.24) is 9.97 Å². The second-order valence-corrected chi connectivity index (χ2v) is 7.02. The van der Waals surface area contributed by atoms with Crippen LogP contribution in [0.15, 0.2) is 47.6 Å². The van der Waals surface area contributed by atoms with Crippen molar-refractivity contribution in [2.75, 3.05) is 0 Å². The van der Waals surface area contributed by atoms with Crippen molar-refractivity contribution < 1.29 is 0 Å². The molecule has 2 aliphatic rings. The Kier molecular flexibility index (Phi) is 3.49. The van der Waals surface area contributed by atoms with Crippen LogP contribution in [0, 0.1) is 13.8 Å². The van der Waals surface area contributed by atoms with Crippen molar-refractivity contribution in [1.29, 1.82) is 0 Å². The van der Waals surface area contributed by atoms with E-state index in [1.54, 1.807) is 0 Å². The average molecular weight is 314 g/mol. The molecule has 24 heavy (non-hydrogen) atoms. The van der Waals surface area contributed by atoms with Crippen LogP contribution in [-0.2, 0) is 0 Å². The van der Waals surface area contributed by atoms with Crippen molar-refractivity contribution in [2.24, 2.45) is 0 Å². The van der Waals surface area contributed by atoms with E-state index in [2.05, 4.69) is 50.3 Å². The van der Waals surface area contributed by atoms with Gasteiger partial charge in [-0.15, -0.1) is 0 Å². The summed E-state index contributed by atoms with van der Waals surface area (Å²) in [5.41, 5.74) is 12.0. The van der Waals surface area contributed by atoms with E-state index in [9.17, 15) is 0 Å². The van der Waals surface area contributed by atoms with Gasteiger partial charge in [-0.3, -0.25) is 0 Å². The molecule has 0 atom stereocenters. The van der Waals surface area contributed by atoms with Gasteiger partial charge in [0.25, 0.3) is 0 Å². The summed E-state index contributed by atoms with van der Waals surface area (Å²) < 4.78 is 0. The first-order valence-electron chi connectivity index (χ1n) is 8.54. The molecular weight excluding hydrogens is 292 g/mol. The molecule has 0 unspecified atom stereocenters. The topological polar surface area (TPSA) is 25.8 Å². The third-order valence-electron chi connectivity index (χ3n) is 5.00. The zero-order chi connectivity index (χ0) is 16.8. The number of aryl methyl sites for hydroxylation is 2. The maximum absolute atomic E-state index is 4.93. The van der Waals surface area contributed by atoms with Gasteiger partial charge in [0.1, 0.15) is 0 Å². The van der Waals surface area contributed by atoms with Gasteiger partial charge in [-0.25, -0.2) is 9.97 Å². The van der Waals surface area contributed by atoms with Crippen LogP contribution in [0.5, 0.6) is 0 Å². The minimum atomic E-state index is 1.01. The first-order chi connectivity index (χ1) is 11.5. The minimum Gasteiger partial charge on any atom is -0.249 e. The quantitative estimate of drug-likeness (QED) is 0.709. The van der Waals surface area contributed by atoms with Gasteiger partial charge in [-0.1, -0.05) is 47.6 Å². The molecule has 0 spiro atoms. The first kappa shape index (κ1) is 15.1. The van der Waals surface area contributed by atoms with Crippen LogP contribution < -0.4 is 0 Å². The molecule has 2 heteroatoms. The monoisotopic (exact) mass is 314 g/mol. The third kappa shape index (κ3) is 2.43. The molecule has 1 aromatic carbocycles. The van der Waals surface area contributed by atoms with E-state index >= 15 is 0 Å². The molecule has 2 nitrogen and oxygen atoms in total. The molecule has 0 amide bonds. The Hall–Kier alpha value is -2.48. The Morgan fingerprint density at radius 3 is 1.38 bits per heavy atom. The Balaban J connectivity index is 1.93. The lowest BCUT2D eigenvalue weighted by Crippen LogP contribution is -2.00. The molecule has 2 aromatic rings. The van der Waals surface area contributed by atoms with E-state index < -0.39 is 0 Å². The van der Waals surface area contributed by atoms with E-state index in [0.717, 1.165) is 35.3 Å². The standard InChI is InChI=1S/C22H22N2/c1-13-5-7-17(11-13)19-9-10-20(18-8-6-14(2)12-18)22-21(19)23-15(3)16(4)24-22/h5-10H,11-12H2,1-4H3. The lowest BCUT2D eigenvalue weighted by Gasteiger charge is -2.14. The molecule has 0 aliphatic heterocycles. The number of hydrogen-bond acceptors (Lipinski definition) is 2. The van der Waals surface area contributed by atoms with E-state index in [4.69, 9.17) is 9.97 Å². The predicted molar refractivity (Wildman–Crippen MR) is 102 cm³/mol. The van der Waals surface area contributed by atoms with Crippen molar-refractivity contribution in [2.45, 2.75) is 40.5 Å². The smallest absolute Gasteiger partial charge is 0.0971 e. The van der Waals surface area contributed by atoms with Crippen LogP contribution in [0.1, 0.15) is 49.2 Å². The summed E-state index contributed by atoms with van der Waals surface area (Å²) in [6.07, 6.45) is 10.9. The third-order valence-corrected chi connectivity index (χ3v) is 5.00. The first-order valence-corrected chi connectivity index (χ1v) is 8.54. The highest BCUT2D eigenvalue weighted by Gasteiger charge is 2.18. The Labute approximate surface area is 143 Å². The van der Waals surface area contributed by atoms with Gasteiger partial charge in [0.2, 0.25) is 0 Å². The lowest BCUT2D eigenvalue weighted by molar-refractivity contribution is 1.09. The number of nitrogens with zero attached hydrogens (tertiary/aromatic N) is 2. The van der Waals surface area contributed by atoms with Gasteiger partial charge in [-0.2, -0.15) is 0 Å². The fraction of sp³-hybridized carbons (Fsp3) is 0.273. The molecule has 0 N–H and O–H groups in total. The van der Waals surface area contributed by atoms with Crippen LogP contribution in [0.4, 0.5) is 0 Å². The normalized spacial score (nSPS) is 17.0. The van der Waals surface area contributed by atoms with Crippen molar-refractivity contribution in [3.05, 3.63) is 70.1 Å². The maximum atomic E-state index is 4.93. The van der Waals surface area contributed by atoms with Crippen LogP contribution in [0.2, 0.25) is 0 Å². The second kappa shape index (κ2) is 5.55. The summed E-state index contributed by atoms with van der Waals surface area (Å²) in [4.78, 5) is 9.85. The van der Waals surface area contributed by atoms with Gasteiger partial charge in [0.05, 0.1) is 22.4 Å². The largest absolute Gasteiger partial charge is 0.249 e. The number of allylic oxidation sites excluding steroid dienone is 8. The molecule has 120 valence electrons.